The van der Waals surface area contributed by atoms with Gasteiger partial charge >= 0.3 is 0 Å². The monoisotopic (exact) mass is 384 g/mol. The second-order valence-corrected chi connectivity index (χ2v) is 6.73. The van der Waals surface area contributed by atoms with Crippen molar-refractivity contribution in [2.45, 2.75) is 26.2 Å². The zero-order valence-corrected chi connectivity index (χ0v) is 16.6. The molecule has 0 fully saturated rings. The Balaban J connectivity index is 1.94. The molecular formula is C21H24N2O5. The second kappa shape index (κ2) is 7.80. The predicted octanol–water partition coefficient (Wildman–Crippen LogP) is 3.39. The Bertz CT molecular complexity index is 916. The van der Waals surface area contributed by atoms with Crippen LogP contribution in [0.25, 0.3) is 0 Å². The van der Waals surface area contributed by atoms with Crippen molar-refractivity contribution in [3.8, 4) is 17.2 Å². The SMILES string of the molecule is COc1cc2c(cc1OC)[C@@H](C(=O)Nc1cc(C)c(OC)c(C)c1)CC(=O)N2. The molecule has 2 amide bonds. The van der Waals surface area contributed by atoms with Gasteiger partial charge in [0, 0.05) is 23.9 Å². The van der Waals surface area contributed by atoms with Crippen LogP contribution in [0.5, 0.6) is 17.2 Å². The smallest absolute Gasteiger partial charge is 0.232 e. The first-order valence-electron chi connectivity index (χ1n) is 8.89. The fourth-order valence-electron chi connectivity index (χ4n) is 3.60. The van der Waals surface area contributed by atoms with Crippen LogP contribution in [-0.4, -0.2) is 33.1 Å². The maximum atomic E-state index is 13.0. The largest absolute Gasteiger partial charge is 0.496 e. The van der Waals surface area contributed by atoms with Gasteiger partial charge in [-0.05, 0) is 48.7 Å². The molecule has 7 heteroatoms. The third kappa shape index (κ3) is 3.60. The van der Waals surface area contributed by atoms with Crippen LogP contribution in [0, 0.1) is 13.8 Å². The number of hydrogen-bond acceptors (Lipinski definition) is 5. The van der Waals surface area contributed by atoms with E-state index in [1.165, 1.54) is 14.2 Å². The minimum Gasteiger partial charge on any atom is -0.496 e. The number of rotatable bonds is 5. The van der Waals surface area contributed by atoms with Crippen molar-refractivity contribution in [2.75, 3.05) is 32.0 Å². The van der Waals surface area contributed by atoms with Gasteiger partial charge in [-0.1, -0.05) is 0 Å². The van der Waals surface area contributed by atoms with Gasteiger partial charge in [-0.2, -0.15) is 0 Å². The molecule has 7 nitrogen and oxygen atoms in total. The maximum absolute atomic E-state index is 13.0. The Kier molecular flexibility index (Phi) is 5.44. The summed E-state index contributed by atoms with van der Waals surface area (Å²) < 4.78 is 16.0. The molecule has 1 atom stereocenters. The molecule has 0 saturated carbocycles. The predicted molar refractivity (Wildman–Crippen MR) is 107 cm³/mol. The van der Waals surface area contributed by atoms with Gasteiger partial charge < -0.3 is 24.8 Å². The quantitative estimate of drug-likeness (QED) is 0.825. The molecule has 1 heterocycles. The van der Waals surface area contributed by atoms with Gasteiger partial charge in [0.05, 0.1) is 27.2 Å². The summed E-state index contributed by atoms with van der Waals surface area (Å²) in [5, 5.41) is 5.72. The molecule has 0 radical (unpaired) electrons. The first kappa shape index (κ1) is 19.5. The number of hydrogen-bond donors (Lipinski definition) is 2. The summed E-state index contributed by atoms with van der Waals surface area (Å²) in [5.74, 6) is 0.674. The molecule has 148 valence electrons. The van der Waals surface area contributed by atoms with Crippen LogP contribution in [0.4, 0.5) is 11.4 Å². The normalized spacial score (nSPS) is 15.3. The average molecular weight is 384 g/mol. The third-order valence-corrected chi connectivity index (χ3v) is 4.84. The Hall–Kier alpha value is -3.22. The number of carbonyl (C=O) groups is 2. The number of anilines is 2. The van der Waals surface area contributed by atoms with Crippen molar-refractivity contribution in [3.05, 3.63) is 41.0 Å². The number of benzene rings is 2. The topological polar surface area (TPSA) is 85.9 Å². The second-order valence-electron chi connectivity index (χ2n) is 6.73. The van der Waals surface area contributed by atoms with Gasteiger partial charge in [0.1, 0.15) is 5.75 Å². The van der Waals surface area contributed by atoms with Crippen molar-refractivity contribution in [3.63, 3.8) is 0 Å². The van der Waals surface area contributed by atoms with Crippen molar-refractivity contribution in [2.24, 2.45) is 0 Å². The first-order valence-corrected chi connectivity index (χ1v) is 8.89. The van der Waals surface area contributed by atoms with Crippen molar-refractivity contribution in [1.82, 2.24) is 0 Å². The van der Waals surface area contributed by atoms with Gasteiger partial charge in [-0.15, -0.1) is 0 Å². The Labute approximate surface area is 164 Å². The van der Waals surface area contributed by atoms with Crippen LogP contribution in [0.15, 0.2) is 24.3 Å². The lowest BCUT2D eigenvalue weighted by Gasteiger charge is -2.26. The van der Waals surface area contributed by atoms with Gasteiger partial charge in [0.2, 0.25) is 11.8 Å². The number of fused-ring (bicyclic) bond motifs is 1. The number of methoxy groups -OCH3 is 3. The van der Waals surface area contributed by atoms with Crippen LogP contribution >= 0.6 is 0 Å². The lowest BCUT2D eigenvalue weighted by Crippen LogP contribution is -2.31. The van der Waals surface area contributed by atoms with Crippen LogP contribution in [0.3, 0.4) is 0 Å². The summed E-state index contributed by atoms with van der Waals surface area (Å²) >= 11 is 0. The molecular weight excluding hydrogens is 360 g/mol. The standard InChI is InChI=1S/C21H24N2O5/c1-11-6-13(7-12(2)20(11)28-5)22-21(25)15-9-19(24)23-16-10-18(27-4)17(26-3)8-14(15)16/h6-8,10,15H,9H2,1-5H3,(H,22,25)(H,23,24)/t15-/m0/s1. The highest BCUT2D eigenvalue weighted by molar-refractivity contribution is 6.05. The summed E-state index contributed by atoms with van der Waals surface area (Å²) in [5.41, 5.74) is 3.75. The molecule has 0 unspecified atom stereocenters. The zero-order valence-electron chi connectivity index (χ0n) is 16.6. The summed E-state index contributed by atoms with van der Waals surface area (Å²) in [6.45, 7) is 3.84. The van der Waals surface area contributed by atoms with E-state index in [0.29, 0.717) is 28.4 Å². The van der Waals surface area contributed by atoms with Crippen LogP contribution in [0.2, 0.25) is 0 Å². The Morgan fingerprint density at radius 1 is 1.00 bits per heavy atom. The number of amides is 2. The third-order valence-electron chi connectivity index (χ3n) is 4.84. The average Bonchev–Trinajstić information content (AvgIpc) is 2.65. The molecule has 1 aliphatic rings. The highest BCUT2D eigenvalue weighted by atomic mass is 16.5. The van der Waals surface area contributed by atoms with Crippen molar-refractivity contribution >= 4 is 23.2 Å². The number of nitrogens with one attached hydrogen (secondary N) is 2. The first-order chi connectivity index (χ1) is 13.4. The molecule has 28 heavy (non-hydrogen) atoms. The minimum atomic E-state index is -0.633. The lowest BCUT2D eigenvalue weighted by molar-refractivity contribution is -0.123. The highest BCUT2D eigenvalue weighted by Gasteiger charge is 2.32. The molecule has 0 spiro atoms. The van der Waals surface area contributed by atoms with Crippen molar-refractivity contribution < 1.29 is 23.8 Å². The molecule has 0 saturated heterocycles. The molecule has 2 aromatic rings. The maximum Gasteiger partial charge on any atom is 0.232 e. The van der Waals surface area contributed by atoms with E-state index < -0.39 is 5.92 Å². The summed E-state index contributed by atoms with van der Waals surface area (Å²) in [4.78, 5) is 25.2. The summed E-state index contributed by atoms with van der Waals surface area (Å²) in [6.07, 6.45) is 0.0580. The fourth-order valence-corrected chi connectivity index (χ4v) is 3.60. The zero-order chi connectivity index (χ0) is 20.4. The number of carbonyl (C=O) groups excluding carboxylic acids is 2. The number of ether oxygens (including phenoxy) is 3. The molecule has 0 aromatic heterocycles. The van der Waals surface area contributed by atoms with E-state index in [-0.39, 0.29) is 18.2 Å². The molecule has 2 N–H and O–H groups in total. The highest BCUT2D eigenvalue weighted by Crippen LogP contribution is 2.41. The van der Waals surface area contributed by atoms with E-state index in [4.69, 9.17) is 14.2 Å². The van der Waals surface area contributed by atoms with Gasteiger partial charge in [0.25, 0.3) is 0 Å². The van der Waals surface area contributed by atoms with Crippen LogP contribution in [-0.2, 0) is 9.59 Å². The van der Waals surface area contributed by atoms with Crippen LogP contribution < -0.4 is 24.8 Å². The van der Waals surface area contributed by atoms with E-state index in [0.717, 1.165) is 16.9 Å². The Morgan fingerprint density at radius 2 is 1.61 bits per heavy atom. The van der Waals surface area contributed by atoms with E-state index in [1.54, 1.807) is 19.2 Å². The molecule has 0 aliphatic carbocycles. The Morgan fingerprint density at radius 3 is 2.18 bits per heavy atom. The summed E-state index contributed by atoms with van der Waals surface area (Å²) in [6, 6.07) is 7.11. The van der Waals surface area contributed by atoms with E-state index in [1.807, 2.05) is 26.0 Å². The van der Waals surface area contributed by atoms with E-state index >= 15 is 0 Å². The van der Waals surface area contributed by atoms with Gasteiger partial charge in [-0.25, -0.2) is 0 Å². The van der Waals surface area contributed by atoms with Crippen molar-refractivity contribution in [1.29, 1.82) is 0 Å². The van der Waals surface area contributed by atoms with Crippen LogP contribution in [0.1, 0.15) is 29.0 Å². The molecule has 1 aliphatic heterocycles. The minimum absolute atomic E-state index is 0.0580. The fraction of sp³-hybridized carbons (Fsp3) is 0.333. The van der Waals surface area contributed by atoms with E-state index in [2.05, 4.69) is 10.6 Å². The van der Waals surface area contributed by atoms with E-state index in [9.17, 15) is 9.59 Å². The number of aryl methyl sites for hydroxylation is 2. The lowest BCUT2D eigenvalue weighted by atomic mass is 9.89. The molecule has 3 rings (SSSR count). The van der Waals surface area contributed by atoms with Gasteiger partial charge in [-0.3, -0.25) is 9.59 Å². The molecule has 2 aromatic carbocycles. The molecule has 0 bridgehead atoms. The van der Waals surface area contributed by atoms with Gasteiger partial charge in [0.15, 0.2) is 11.5 Å². The summed E-state index contributed by atoms with van der Waals surface area (Å²) in [7, 11) is 4.67.